The Morgan fingerprint density at radius 1 is 1.38 bits per heavy atom. The maximum atomic E-state index is 12.5. The van der Waals surface area contributed by atoms with Gasteiger partial charge >= 0.3 is 0 Å². The van der Waals surface area contributed by atoms with Gasteiger partial charge in [0.1, 0.15) is 5.75 Å². The first kappa shape index (κ1) is 16.6. The lowest BCUT2D eigenvalue weighted by Gasteiger charge is -2.33. The van der Waals surface area contributed by atoms with Crippen LogP contribution in [0.25, 0.3) is 5.69 Å². The lowest BCUT2D eigenvalue weighted by Crippen LogP contribution is -2.40. The summed E-state index contributed by atoms with van der Waals surface area (Å²) in [6, 6.07) is 6.19. The van der Waals surface area contributed by atoms with E-state index in [1.54, 1.807) is 13.4 Å². The van der Waals surface area contributed by atoms with Crippen molar-refractivity contribution >= 4 is 5.91 Å². The van der Waals surface area contributed by atoms with Crippen LogP contribution in [0.5, 0.6) is 5.75 Å². The van der Waals surface area contributed by atoms with E-state index in [1.807, 2.05) is 35.7 Å². The summed E-state index contributed by atoms with van der Waals surface area (Å²) in [5, 5.41) is 0. The molecule has 3 rings (SSSR count). The summed E-state index contributed by atoms with van der Waals surface area (Å²) in [4.78, 5) is 18.6. The zero-order chi connectivity index (χ0) is 17.3. The van der Waals surface area contributed by atoms with Crippen molar-refractivity contribution in [1.82, 2.24) is 14.5 Å². The molecule has 0 bridgehead atoms. The van der Waals surface area contributed by atoms with E-state index >= 15 is 0 Å². The topological polar surface area (TPSA) is 47.4 Å². The Bertz CT molecular complexity index is 738. The molecule has 1 fully saturated rings. The lowest BCUT2D eigenvalue weighted by molar-refractivity contribution is -0.137. The minimum atomic E-state index is 0.0507. The quantitative estimate of drug-likeness (QED) is 0.866. The van der Waals surface area contributed by atoms with E-state index in [2.05, 4.69) is 24.0 Å². The number of ether oxygens (including phenoxy) is 1. The van der Waals surface area contributed by atoms with Gasteiger partial charge < -0.3 is 14.2 Å². The minimum Gasteiger partial charge on any atom is -0.495 e. The van der Waals surface area contributed by atoms with Crippen LogP contribution in [0, 0.1) is 12.8 Å². The molecule has 2 heterocycles. The number of benzene rings is 1. The van der Waals surface area contributed by atoms with Crippen LogP contribution >= 0.6 is 0 Å². The second kappa shape index (κ2) is 6.67. The molecule has 2 unspecified atom stereocenters. The molecular weight excluding hydrogens is 302 g/mol. The van der Waals surface area contributed by atoms with E-state index in [-0.39, 0.29) is 17.7 Å². The first-order chi connectivity index (χ1) is 11.5. The number of amides is 1. The van der Waals surface area contributed by atoms with Gasteiger partial charge in [-0.3, -0.25) is 4.79 Å². The number of hydrogen-bond donors (Lipinski definition) is 0. The predicted octanol–water partition coefficient (Wildman–Crippen LogP) is 3.16. The second-order valence-corrected chi connectivity index (χ2v) is 6.65. The third-order valence-corrected chi connectivity index (χ3v) is 5.03. The van der Waals surface area contributed by atoms with Crippen molar-refractivity contribution in [2.24, 2.45) is 5.92 Å². The largest absolute Gasteiger partial charge is 0.495 e. The third kappa shape index (κ3) is 3.03. The summed E-state index contributed by atoms with van der Waals surface area (Å²) in [6.45, 7) is 4.96. The molecule has 2 aromatic rings. The van der Waals surface area contributed by atoms with E-state index < -0.39 is 0 Å². The third-order valence-electron chi connectivity index (χ3n) is 5.03. The number of piperidine rings is 1. The van der Waals surface area contributed by atoms with Crippen LogP contribution < -0.4 is 4.74 Å². The first-order valence-electron chi connectivity index (χ1n) is 8.45. The molecule has 5 heteroatoms. The maximum absolute atomic E-state index is 12.5. The number of carbonyl (C=O) groups excluding carboxylic acids is 1. The van der Waals surface area contributed by atoms with Gasteiger partial charge in [0.25, 0.3) is 0 Å². The van der Waals surface area contributed by atoms with E-state index in [9.17, 15) is 4.79 Å². The highest BCUT2D eigenvalue weighted by molar-refractivity contribution is 5.80. The molecule has 1 aromatic carbocycles. The van der Waals surface area contributed by atoms with Crippen molar-refractivity contribution in [2.45, 2.75) is 32.6 Å². The van der Waals surface area contributed by atoms with Crippen LogP contribution in [0.4, 0.5) is 0 Å². The van der Waals surface area contributed by atoms with Crippen molar-refractivity contribution < 1.29 is 9.53 Å². The van der Waals surface area contributed by atoms with Crippen molar-refractivity contribution in [3.05, 3.63) is 42.0 Å². The number of aryl methyl sites for hydroxylation is 1. The predicted molar refractivity (Wildman–Crippen MR) is 93.6 cm³/mol. The van der Waals surface area contributed by atoms with Crippen LogP contribution in [-0.2, 0) is 4.79 Å². The Morgan fingerprint density at radius 3 is 2.83 bits per heavy atom. The van der Waals surface area contributed by atoms with Gasteiger partial charge in [0.2, 0.25) is 5.91 Å². The monoisotopic (exact) mass is 327 g/mol. The van der Waals surface area contributed by atoms with Gasteiger partial charge in [0.05, 0.1) is 24.8 Å². The Morgan fingerprint density at radius 2 is 2.17 bits per heavy atom. The molecule has 1 aromatic heterocycles. The molecule has 0 N–H and O–H groups in total. The van der Waals surface area contributed by atoms with Crippen LogP contribution in [0.1, 0.15) is 36.9 Å². The summed E-state index contributed by atoms with van der Waals surface area (Å²) in [5.41, 5.74) is 3.06. The number of likely N-dealkylation sites (tertiary alicyclic amines) is 1. The van der Waals surface area contributed by atoms with Gasteiger partial charge in [-0.2, -0.15) is 0 Å². The Labute approximate surface area is 143 Å². The van der Waals surface area contributed by atoms with Gasteiger partial charge in [0.15, 0.2) is 0 Å². The lowest BCUT2D eigenvalue weighted by atomic mass is 9.81. The average molecular weight is 327 g/mol. The minimum absolute atomic E-state index is 0.0507. The summed E-state index contributed by atoms with van der Waals surface area (Å²) in [7, 11) is 3.57. The molecule has 1 amide bonds. The number of hydrogen-bond acceptors (Lipinski definition) is 3. The fourth-order valence-corrected chi connectivity index (χ4v) is 3.51. The van der Waals surface area contributed by atoms with Crippen LogP contribution in [-0.4, -0.2) is 41.1 Å². The number of methoxy groups -OCH3 is 1. The van der Waals surface area contributed by atoms with Crippen molar-refractivity contribution in [1.29, 1.82) is 0 Å². The Balaban J connectivity index is 1.90. The fourth-order valence-electron chi connectivity index (χ4n) is 3.51. The summed E-state index contributed by atoms with van der Waals surface area (Å²) in [5.74, 6) is 1.28. The van der Waals surface area contributed by atoms with Crippen LogP contribution in [0.3, 0.4) is 0 Å². The molecule has 0 saturated carbocycles. The summed E-state index contributed by atoms with van der Waals surface area (Å²) >= 11 is 0. The molecular formula is C19H25N3O2. The average Bonchev–Trinajstić information content (AvgIpc) is 3.02. The van der Waals surface area contributed by atoms with Gasteiger partial charge in [-0.25, -0.2) is 4.98 Å². The highest BCUT2D eigenvalue weighted by Crippen LogP contribution is 2.35. The summed E-state index contributed by atoms with van der Waals surface area (Å²) in [6.07, 6.45) is 5.78. The van der Waals surface area contributed by atoms with E-state index in [0.29, 0.717) is 0 Å². The molecule has 1 saturated heterocycles. The van der Waals surface area contributed by atoms with Gasteiger partial charge in [-0.15, -0.1) is 0 Å². The molecule has 1 aliphatic rings. The first-order valence-corrected chi connectivity index (χ1v) is 8.45. The fraction of sp³-hybridized carbons (Fsp3) is 0.474. The molecule has 2 atom stereocenters. The highest BCUT2D eigenvalue weighted by atomic mass is 16.5. The normalized spacial score (nSPS) is 19.4. The molecule has 5 nitrogen and oxygen atoms in total. The highest BCUT2D eigenvalue weighted by Gasteiger charge is 2.31. The van der Waals surface area contributed by atoms with E-state index in [4.69, 9.17) is 4.74 Å². The Hall–Kier alpha value is -2.30. The van der Waals surface area contributed by atoms with Gasteiger partial charge in [0, 0.05) is 25.7 Å². The standard InChI is InChI=1S/C19H25N3O2/c1-13-11-22(12-20-13)17-8-7-15(10-18(17)24-4)14(2)16-6-5-9-21(3)19(16)23/h7-8,10-12,14,16H,5-6,9H2,1-4H3. The smallest absolute Gasteiger partial charge is 0.226 e. The number of nitrogens with zero attached hydrogens (tertiary/aromatic N) is 3. The molecule has 1 aliphatic heterocycles. The number of aromatic nitrogens is 2. The number of carbonyl (C=O) groups is 1. The van der Waals surface area contributed by atoms with Crippen molar-refractivity contribution in [3.63, 3.8) is 0 Å². The molecule has 128 valence electrons. The van der Waals surface area contributed by atoms with Crippen molar-refractivity contribution in [2.75, 3.05) is 20.7 Å². The molecule has 24 heavy (non-hydrogen) atoms. The summed E-state index contributed by atoms with van der Waals surface area (Å²) < 4.78 is 7.55. The maximum Gasteiger partial charge on any atom is 0.226 e. The zero-order valence-electron chi connectivity index (χ0n) is 14.8. The van der Waals surface area contributed by atoms with Crippen LogP contribution in [0.2, 0.25) is 0 Å². The number of imidazole rings is 1. The zero-order valence-corrected chi connectivity index (χ0v) is 14.8. The van der Waals surface area contributed by atoms with Gasteiger partial charge in [-0.1, -0.05) is 13.0 Å². The van der Waals surface area contributed by atoms with Crippen molar-refractivity contribution in [3.8, 4) is 11.4 Å². The second-order valence-electron chi connectivity index (χ2n) is 6.65. The van der Waals surface area contributed by atoms with E-state index in [1.165, 1.54) is 0 Å². The molecule has 0 aliphatic carbocycles. The SMILES string of the molecule is COc1cc(C(C)C2CCCN(C)C2=O)ccc1-n1cnc(C)c1. The number of rotatable bonds is 4. The van der Waals surface area contributed by atoms with Gasteiger partial charge in [-0.05, 0) is 43.4 Å². The Kier molecular flexibility index (Phi) is 4.60. The van der Waals surface area contributed by atoms with E-state index in [0.717, 1.165) is 42.1 Å². The van der Waals surface area contributed by atoms with Crippen LogP contribution in [0.15, 0.2) is 30.7 Å². The molecule has 0 spiro atoms. The molecule has 0 radical (unpaired) electrons.